The monoisotopic (exact) mass is 357 g/mol. The molecule has 1 aliphatic rings. The van der Waals surface area contributed by atoms with E-state index in [9.17, 15) is 14.7 Å². The van der Waals surface area contributed by atoms with E-state index >= 15 is 0 Å². The summed E-state index contributed by atoms with van der Waals surface area (Å²) < 4.78 is 0. The van der Waals surface area contributed by atoms with E-state index < -0.39 is 17.5 Å². The maximum absolute atomic E-state index is 12.4. The number of aliphatic carboxylic acids is 1. The lowest BCUT2D eigenvalue weighted by Gasteiger charge is -2.33. The zero-order valence-corrected chi connectivity index (χ0v) is 16.2. The molecule has 0 saturated carbocycles. The van der Waals surface area contributed by atoms with Crippen molar-refractivity contribution in [3.63, 3.8) is 0 Å². The highest BCUT2D eigenvalue weighted by Gasteiger charge is 2.35. The minimum absolute atomic E-state index is 0.146. The van der Waals surface area contributed by atoms with Crippen LogP contribution in [0.2, 0.25) is 0 Å². The second-order valence-corrected chi connectivity index (χ2v) is 8.73. The first-order valence-corrected chi connectivity index (χ1v) is 9.39. The molecule has 1 fully saturated rings. The van der Waals surface area contributed by atoms with Crippen LogP contribution >= 0.6 is 0 Å². The average molecular weight is 357 g/mol. The summed E-state index contributed by atoms with van der Waals surface area (Å²) in [5.41, 5.74) is -0.921. The second kappa shape index (κ2) is 9.53. The van der Waals surface area contributed by atoms with Gasteiger partial charge in [0.05, 0.1) is 11.5 Å². The fourth-order valence-corrected chi connectivity index (χ4v) is 3.40. The fraction of sp³-hybridized carbons (Fsp3) is 0.895. The summed E-state index contributed by atoms with van der Waals surface area (Å²) in [7, 11) is 0. The van der Waals surface area contributed by atoms with Crippen LogP contribution in [0.4, 0.5) is 0 Å². The van der Waals surface area contributed by atoms with Crippen molar-refractivity contribution >= 4 is 11.9 Å². The van der Waals surface area contributed by atoms with Crippen molar-refractivity contribution in [2.24, 2.45) is 10.8 Å². The molecule has 146 valence electrons. The lowest BCUT2D eigenvalue weighted by Crippen LogP contribution is -2.39. The molecule has 0 aromatic heterocycles. The number of hydrogen-bond acceptors (Lipinski definition) is 5. The van der Waals surface area contributed by atoms with E-state index in [0.717, 1.165) is 32.4 Å². The Morgan fingerprint density at radius 1 is 1.08 bits per heavy atom. The van der Waals surface area contributed by atoms with Gasteiger partial charge in [-0.2, -0.15) is 0 Å². The minimum atomic E-state index is -0.794. The van der Waals surface area contributed by atoms with Gasteiger partial charge < -0.3 is 15.1 Å². The van der Waals surface area contributed by atoms with Crippen LogP contribution in [0.1, 0.15) is 79.1 Å². The molecule has 0 amide bonds. The third-order valence-electron chi connectivity index (χ3n) is 4.86. The number of nitrogens with zero attached hydrogens (tertiary/aromatic N) is 1. The van der Waals surface area contributed by atoms with Gasteiger partial charge in [0.2, 0.25) is 0 Å². The van der Waals surface area contributed by atoms with Gasteiger partial charge in [-0.25, -0.2) is 4.79 Å². The Morgan fingerprint density at radius 3 is 2.24 bits per heavy atom. The topological polar surface area (TPSA) is 87.1 Å². The molecule has 25 heavy (non-hydrogen) atoms. The summed E-state index contributed by atoms with van der Waals surface area (Å²) in [6, 6.07) is 0. The van der Waals surface area contributed by atoms with Crippen molar-refractivity contribution in [1.82, 2.24) is 5.06 Å². The summed E-state index contributed by atoms with van der Waals surface area (Å²) in [5, 5.41) is 20.9. The molecule has 2 N–H and O–H groups in total. The van der Waals surface area contributed by atoms with Crippen molar-refractivity contribution in [2.45, 2.75) is 85.2 Å². The molecule has 0 bridgehead atoms. The lowest BCUT2D eigenvalue weighted by atomic mass is 9.77. The first-order valence-electron chi connectivity index (χ1n) is 9.39. The summed E-state index contributed by atoms with van der Waals surface area (Å²) >= 11 is 0. The molecule has 0 aromatic carbocycles. The van der Waals surface area contributed by atoms with Crippen LogP contribution in [0.5, 0.6) is 0 Å². The van der Waals surface area contributed by atoms with Gasteiger partial charge in [-0.1, -0.05) is 20.3 Å². The Labute approximate surface area is 151 Å². The van der Waals surface area contributed by atoms with Gasteiger partial charge in [-0.05, 0) is 57.8 Å². The normalized spacial score (nSPS) is 18.0. The quantitative estimate of drug-likeness (QED) is 0.623. The van der Waals surface area contributed by atoms with E-state index in [4.69, 9.17) is 9.94 Å². The maximum Gasteiger partial charge on any atom is 0.330 e. The van der Waals surface area contributed by atoms with Gasteiger partial charge >= 0.3 is 11.9 Å². The van der Waals surface area contributed by atoms with Gasteiger partial charge in [0.25, 0.3) is 0 Å². The third kappa shape index (κ3) is 8.68. The van der Waals surface area contributed by atoms with Crippen LogP contribution in [-0.2, 0) is 14.4 Å². The van der Waals surface area contributed by atoms with Gasteiger partial charge in [0.15, 0.2) is 0 Å². The van der Waals surface area contributed by atoms with Crippen LogP contribution < -0.4 is 0 Å². The molecular weight excluding hydrogens is 322 g/mol. The highest BCUT2D eigenvalue weighted by Crippen LogP contribution is 2.34. The van der Waals surface area contributed by atoms with Crippen molar-refractivity contribution in [3.05, 3.63) is 0 Å². The van der Waals surface area contributed by atoms with Crippen molar-refractivity contribution in [1.29, 1.82) is 0 Å². The zero-order chi connectivity index (χ0) is 19.1. The van der Waals surface area contributed by atoms with E-state index in [1.54, 1.807) is 18.9 Å². The molecule has 6 nitrogen and oxygen atoms in total. The average Bonchev–Trinajstić information content (AvgIpc) is 2.46. The Bertz CT molecular complexity index is 441. The smallest absolute Gasteiger partial charge is 0.330 e. The number of carboxylic acid groups (broad SMARTS) is 1. The molecule has 1 unspecified atom stereocenters. The fourth-order valence-electron chi connectivity index (χ4n) is 3.40. The molecule has 1 heterocycles. The summed E-state index contributed by atoms with van der Waals surface area (Å²) in [6.45, 7) is 9.22. The first-order chi connectivity index (χ1) is 11.5. The molecule has 0 spiro atoms. The zero-order valence-electron chi connectivity index (χ0n) is 16.2. The van der Waals surface area contributed by atoms with Gasteiger partial charge in [-0.3, -0.25) is 4.79 Å². The molecule has 6 heteroatoms. The van der Waals surface area contributed by atoms with E-state index in [0.29, 0.717) is 19.3 Å². The van der Waals surface area contributed by atoms with Crippen LogP contribution in [-0.4, -0.2) is 46.4 Å². The maximum atomic E-state index is 12.4. The van der Waals surface area contributed by atoms with Gasteiger partial charge in [-0.15, -0.1) is 5.06 Å². The highest BCUT2D eigenvalue weighted by atomic mass is 16.7. The molecule has 1 aliphatic heterocycles. The Kier molecular flexibility index (Phi) is 8.35. The number of hydroxylamine groups is 2. The number of carbonyl (C=O) groups is 2. The second-order valence-electron chi connectivity index (χ2n) is 8.73. The summed E-state index contributed by atoms with van der Waals surface area (Å²) in [5.74, 6) is -1.09. The number of rotatable bonds is 10. The van der Waals surface area contributed by atoms with Crippen LogP contribution in [0.25, 0.3) is 0 Å². The lowest BCUT2D eigenvalue weighted by molar-refractivity contribution is -0.206. The van der Waals surface area contributed by atoms with E-state index in [1.807, 2.05) is 13.8 Å². The molecule has 0 aromatic rings. The predicted octanol–water partition coefficient (Wildman–Crippen LogP) is 3.38. The standard InChI is InChI=1S/C19H35NO5/c1-18(2,10-8-9-16(22)23)13-15(21)14-19(3,4)17(24)25-20-11-6-5-7-12-20/h15,21H,5-14H2,1-4H3,(H,22,23). The molecule has 1 atom stereocenters. The van der Waals surface area contributed by atoms with Crippen molar-refractivity contribution in [2.75, 3.05) is 13.1 Å². The largest absolute Gasteiger partial charge is 0.481 e. The number of carbonyl (C=O) groups excluding carboxylic acids is 1. The summed E-state index contributed by atoms with van der Waals surface area (Å²) in [6.07, 6.45) is 4.98. The van der Waals surface area contributed by atoms with Crippen molar-refractivity contribution in [3.8, 4) is 0 Å². The number of hydrogen-bond donors (Lipinski definition) is 2. The number of aliphatic hydroxyl groups excluding tert-OH is 1. The van der Waals surface area contributed by atoms with Crippen molar-refractivity contribution < 1.29 is 24.6 Å². The Hall–Kier alpha value is -1.14. The number of aliphatic hydroxyl groups is 1. The van der Waals surface area contributed by atoms with Crippen LogP contribution in [0, 0.1) is 10.8 Å². The number of piperidine rings is 1. The van der Waals surface area contributed by atoms with Gasteiger partial charge in [0, 0.05) is 19.5 Å². The Morgan fingerprint density at radius 2 is 1.68 bits per heavy atom. The molecule has 1 saturated heterocycles. The SMILES string of the molecule is CC(C)(CCCC(=O)O)CC(O)CC(C)(C)C(=O)ON1CCCCC1. The molecule has 1 rings (SSSR count). The minimum Gasteiger partial charge on any atom is -0.481 e. The first kappa shape index (κ1) is 21.9. The van der Waals surface area contributed by atoms with Gasteiger partial charge in [0.1, 0.15) is 0 Å². The number of carboxylic acids is 1. The summed E-state index contributed by atoms with van der Waals surface area (Å²) in [4.78, 5) is 28.6. The molecule has 0 radical (unpaired) electrons. The predicted molar refractivity (Wildman–Crippen MR) is 95.8 cm³/mol. The molecule has 0 aliphatic carbocycles. The third-order valence-corrected chi connectivity index (χ3v) is 4.86. The molecular formula is C19H35NO5. The van der Waals surface area contributed by atoms with E-state index in [-0.39, 0.29) is 17.8 Å². The van der Waals surface area contributed by atoms with Crippen LogP contribution in [0.3, 0.4) is 0 Å². The van der Waals surface area contributed by atoms with Crippen LogP contribution in [0.15, 0.2) is 0 Å². The Balaban J connectivity index is 2.44. The van der Waals surface area contributed by atoms with E-state index in [1.165, 1.54) is 6.42 Å². The highest BCUT2D eigenvalue weighted by molar-refractivity contribution is 5.75. The van der Waals surface area contributed by atoms with E-state index in [2.05, 4.69) is 0 Å².